The molecular weight excluding hydrogens is 300 g/mol. The van der Waals surface area contributed by atoms with E-state index in [-0.39, 0.29) is 18.2 Å². The van der Waals surface area contributed by atoms with Gasteiger partial charge in [0, 0.05) is 24.3 Å². The zero-order valence-corrected chi connectivity index (χ0v) is 13.5. The highest BCUT2D eigenvalue weighted by Gasteiger charge is 2.34. The third-order valence-electron chi connectivity index (χ3n) is 4.92. The normalized spacial score (nSPS) is 19.8. The number of nitrogens with zero attached hydrogens (tertiary/aromatic N) is 1. The van der Waals surface area contributed by atoms with E-state index in [4.69, 9.17) is 0 Å². The summed E-state index contributed by atoms with van der Waals surface area (Å²) >= 11 is 0. The van der Waals surface area contributed by atoms with Crippen LogP contribution in [0.15, 0.2) is 48.5 Å². The van der Waals surface area contributed by atoms with Gasteiger partial charge in [-0.1, -0.05) is 36.4 Å². The molecule has 4 rings (SSSR count). The van der Waals surface area contributed by atoms with Crippen molar-refractivity contribution in [2.75, 3.05) is 16.8 Å². The number of rotatable bonds is 1. The van der Waals surface area contributed by atoms with Gasteiger partial charge < -0.3 is 10.2 Å². The van der Waals surface area contributed by atoms with Crippen LogP contribution in [0, 0.1) is 0 Å². The van der Waals surface area contributed by atoms with E-state index >= 15 is 0 Å². The molecule has 2 aliphatic heterocycles. The number of anilines is 2. The Bertz CT molecular complexity index is 800. The fourth-order valence-electron chi connectivity index (χ4n) is 3.74. The Morgan fingerprint density at radius 1 is 1.04 bits per heavy atom. The number of hydrogen-bond donors (Lipinski definition) is 1. The molecule has 2 amide bonds. The summed E-state index contributed by atoms with van der Waals surface area (Å²) in [7, 11) is 0. The minimum absolute atomic E-state index is 0.0339. The second-order valence-corrected chi connectivity index (χ2v) is 6.47. The van der Waals surface area contributed by atoms with Gasteiger partial charge in [-0.25, -0.2) is 0 Å². The molecule has 0 aromatic heterocycles. The van der Waals surface area contributed by atoms with Crippen LogP contribution in [0.4, 0.5) is 11.4 Å². The van der Waals surface area contributed by atoms with E-state index in [1.165, 1.54) is 5.56 Å². The summed E-state index contributed by atoms with van der Waals surface area (Å²) in [6, 6.07) is 15.7. The van der Waals surface area contributed by atoms with E-state index in [1.54, 1.807) is 0 Å². The molecule has 0 bridgehead atoms. The quantitative estimate of drug-likeness (QED) is 0.874. The molecule has 1 atom stereocenters. The van der Waals surface area contributed by atoms with Gasteiger partial charge in [0.1, 0.15) is 0 Å². The summed E-state index contributed by atoms with van der Waals surface area (Å²) in [6.45, 7) is 0.718. The van der Waals surface area contributed by atoms with Gasteiger partial charge in [-0.3, -0.25) is 9.59 Å². The zero-order valence-electron chi connectivity index (χ0n) is 13.5. The van der Waals surface area contributed by atoms with Crippen molar-refractivity contribution in [2.24, 2.45) is 0 Å². The second kappa shape index (κ2) is 6.11. The molecule has 0 radical (unpaired) electrons. The van der Waals surface area contributed by atoms with Crippen molar-refractivity contribution in [3.8, 4) is 0 Å². The third kappa shape index (κ3) is 2.58. The molecule has 2 aliphatic rings. The SMILES string of the molecule is O=C1CC(C(=O)N2CCCCc3ccccc32)c2ccccc2N1. The number of nitrogens with one attached hydrogen (secondary N) is 1. The van der Waals surface area contributed by atoms with Crippen LogP contribution >= 0.6 is 0 Å². The number of amides is 2. The summed E-state index contributed by atoms with van der Waals surface area (Å²) < 4.78 is 0. The molecule has 1 N–H and O–H groups in total. The molecule has 4 heteroatoms. The molecular formula is C20H20N2O2. The number of hydrogen-bond acceptors (Lipinski definition) is 2. The van der Waals surface area contributed by atoms with Crippen molar-refractivity contribution < 1.29 is 9.59 Å². The number of aryl methyl sites for hydroxylation is 1. The van der Waals surface area contributed by atoms with E-state index in [0.717, 1.165) is 42.7 Å². The van der Waals surface area contributed by atoms with Crippen LogP contribution in [-0.4, -0.2) is 18.4 Å². The Labute approximate surface area is 141 Å². The summed E-state index contributed by atoms with van der Waals surface area (Å²) in [5.74, 6) is -0.456. The Morgan fingerprint density at radius 2 is 1.83 bits per heavy atom. The van der Waals surface area contributed by atoms with Gasteiger partial charge in [-0.05, 0) is 42.5 Å². The maximum atomic E-state index is 13.3. The number of fused-ring (bicyclic) bond motifs is 2. The van der Waals surface area contributed by atoms with Crippen molar-refractivity contribution in [3.63, 3.8) is 0 Å². The van der Waals surface area contributed by atoms with Gasteiger partial charge in [0.05, 0.1) is 5.92 Å². The molecule has 0 saturated heterocycles. The molecule has 1 unspecified atom stereocenters. The minimum Gasteiger partial charge on any atom is -0.326 e. The van der Waals surface area contributed by atoms with E-state index in [1.807, 2.05) is 47.4 Å². The summed E-state index contributed by atoms with van der Waals surface area (Å²) in [5.41, 5.74) is 3.90. The highest BCUT2D eigenvalue weighted by molar-refractivity contribution is 6.06. The largest absolute Gasteiger partial charge is 0.326 e. The molecule has 0 spiro atoms. The third-order valence-corrected chi connectivity index (χ3v) is 4.92. The van der Waals surface area contributed by atoms with Crippen LogP contribution in [0.25, 0.3) is 0 Å². The highest BCUT2D eigenvalue weighted by atomic mass is 16.2. The topological polar surface area (TPSA) is 49.4 Å². The maximum absolute atomic E-state index is 13.3. The van der Waals surface area contributed by atoms with Crippen molar-refractivity contribution in [3.05, 3.63) is 59.7 Å². The molecule has 24 heavy (non-hydrogen) atoms. The Hall–Kier alpha value is -2.62. The molecule has 2 aromatic rings. The van der Waals surface area contributed by atoms with E-state index in [2.05, 4.69) is 11.4 Å². The molecule has 2 aromatic carbocycles. The molecule has 0 saturated carbocycles. The van der Waals surface area contributed by atoms with Crippen LogP contribution in [-0.2, 0) is 16.0 Å². The van der Waals surface area contributed by atoms with Crippen LogP contribution in [0.5, 0.6) is 0 Å². The lowest BCUT2D eigenvalue weighted by molar-refractivity contribution is -0.124. The first-order valence-electron chi connectivity index (χ1n) is 8.52. The summed E-state index contributed by atoms with van der Waals surface area (Å²) in [5, 5.41) is 2.87. The average Bonchev–Trinajstić information content (AvgIpc) is 2.83. The average molecular weight is 320 g/mol. The standard InChI is InChI=1S/C20H20N2O2/c23-19-13-16(15-9-2-3-10-17(15)21-19)20(24)22-12-6-5-8-14-7-1-4-11-18(14)22/h1-4,7,9-11,16H,5-6,8,12-13H2,(H,21,23). The van der Waals surface area contributed by atoms with Gasteiger partial charge in [0.2, 0.25) is 11.8 Å². The monoisotopic (exact) mass is 320 g/mol. The molecule has 122 valence electrons. The van der Waals surface area contributed by atoms with Crippen molar-refractivity contribution in [1.29, 1.82) is 0 Å². The van der Waals surface area contributed by atoms with Crippen LogP contribution in [0.3, 0.4) is 0 Å². The van der Waals surface area contributed by atoms with Crippen molar-refractivity contribution >= 4 is 23.2 Å². The molecule has 2 heterocycles. The van der Waals surface area contributed by atoms with Crippen LogP contribution < -0.4 is 10.2 Å². The lowest BCUT2D eigenvalue weighted by Gasteiger charge is -2.31. The first-order valence-corrected chi connectivity index (χ1v) is 8.52. The molecule has 4 nitrogen and oxygen atoms in total. The summed E-state index contributed by atoms with van der Waals surface area (Å²) in [6.07, 6.45) is 3.29. The van der Waals surface area contributed by atoms with Gasteiger partial charge >= 0.3 is 0 Å². The Kier molecular flexibility index (Phi) is 3.81. The van der Waals surface area contributed by atoms with E-state index < -0.39 is 5.92 Å². The number of benzene rings is 2. The number of carbonyl (C=O) groups excluding carboxylic acids is 2. The highest BCUT2D eigenvalue weighted by Crippen LogP contribution is 2.36. The van der Waals surface area contributed by atoms with E-state index in [0.29, 0.717) is 0 Å². The smallest absolute Gasteiger partial charge is 0.235 e. The number of para-hydroxylation sites is 2. The van der Waals surface area contributed by atoms with Gasteiger partial charge in [0.15, 0.2) is 0 Å². The van der Waals surface area contributed by atoms with Gasteiger partial charge in [-0.2, -0.15) is 0 Å². The Morgan fingerprint density at radius 3 is 2.75 bits per heavy atom. The maximum Gasteiger partial charge on any atom is 0.235 e. The van der Waals surface area contributed by atoms with Crippen molar-refractivity contribution in [2.45, 2.75) is 31.6 Å². The first kappa shape index (κ1) is 14.9. The second-order valence-electron chi connectivity index (χ2n) is 6.47. The van der Waals surface area contributed by atoms with Crippen molar-refractivity contribution in [1.82, 2.24) is 0 Å². The van der Waals surface area contributed by atoms with Crippen LogP contribution in [0.2, 0.25) is 0 Å². The fourth-order valence-corrected chi connectivity index (χ4v) is 3.74. The predicted octanol–water partition coefficient (Wildman–Crippen LogP) is 3.48. The minimum atomic E-state index is -0.402. The van der Waals surface area contributed by atoms with Crippen LogP contribution in [0.1, 0.15) is 36.3 Å². The molecule has 0 fully saturated rings. The summed E-state index contributed by atoms with van der Waals surface area (Å²) in [4.78, 5) is 27.3. The lowest BCUT2D eigenvalue weighted by atomic mass is 9.89. The number of carbonyl (C=O) groups is 2. The fraction of sp³-hybridized carbons (Fsp3) is 0.300. The zero-order chi connectivity index (χ0) is 16.5. The predicted molar refractivity (Wildman–Crippen MR) is 94.2 cm³/mol. The Balaban J connectivity index is 1.73. The van der Waals surface area contributed by atoms with E-state index in [9.17, 15) is 9.59 Å². The van der Waals surface area contributed by atoms with Gasteiger partial charge in [0.25, 0.3) is 0 Å². The van der Waals surface area contributed by atoms with Gasteiger partial charge in [-0.15, -0.1) is 0 Å². The lowest BCUT2D eigenvalue weighted by Crippen LogP contribution is -2.39. The molecule has 0 aliphatic carbocycles. The first-order chi connectivity index (χ1) is 11.7.